The summed E-state index contributed by atoms with van der Waals surface area (Å²) in [5.74, 6) is -0.292. The van der Waals surface area contributed by atoms with Gasteiger partial charge in [-0.05, 0) is 42.7 Å². The van der Waals surface area contributed by atoms with Crippen LogP contribution < -0.4 is 10.2 Å². The van der Waals surface area contributed by atoms with E-state index in [2.05, 4.69) is 5.32 Å². The predicted molar refractivity (Wildman–Crippen MR) is 113 cm³/mol. The Morgan fingerprint density at radius 2 is 1.79 bits per heavy atom. The van der Waals surface area contributed by atoms with Crippen molar-refractivity contribution in [1.29, 1.82) is 0 Å². The summed E-state index contributed by atoms with van der Waals surface area (Å²) in [5, 5.41) is 2.71. The van der Waals surface area contributed by atoms with Crippen molar-refractivity contribution < 1.29 is 14.4 Å². The van der Waals surface area contributed by atoms with Gasteiger partial charge in [0, 0.05) is 37.3 Å². The quantitative estimate of drug-likeness (QED) is 0.750. The first kappa shape index (κ1) is 20.6. The van der Waals surface area contributed by atoms with Crippen LogP contribution in [0.1, 0.15) is 42.1 Å². The molecular weight excluding hydrogens is 366 g/mol. The highest BCUT2D eigenvalue weighted by Gasteiger charge is 2.22. The van der Waals surface area contributed by atoms with Crippen molar-refractivity contribution in [3.63, 3.8) is 0 Å². The number of benzene rings is 2. The molecule has 1 fully saturated rings. The Morgan fingerprint density at radius 1 is 1.07 bits per heavy atom. The fourth-order valence-electron chi connectivity index (χ4n) is 3.45. The molecule has 0 atom stereocenters. The SMILES string of the molecule is CCCN(Cc1ccccc1)C(=O)CNC(=O)c1ccc(N2CCCC2=O)cc1. The molecule has 0 spiro atoms. The zero-order chi connectivity index (χ0) is 20.6. The van der Waals surface area contributed by atoms with Crippen LogP contribution in [0, 0.1) is 0 Å². The molecule has 6 nitrogen and oxygen atoms in total. The largest absolute Gasteiger partial charge is 0.343 e. The number of carbonyl (C=O) groups is 3. The van der Waals surface area contributed by atoms with Gasteiger partial charge in [-0.25, -0.2) is 0 Å². The van der Waals surface area contributed by atoms with Crippen LogP contribution in [0.2, 0.25) is 0 Å². The molecule has 2 aromatic rings. The second-order valence-electron chi connectivity index (χ2n) is 7.18. The summed E-state index contributed by atoms with van der Waals surface area (Å²) >= 11 is 0. The third-order valence-corrected chi connectivity index (χ3v) is 4.98. The Labute approximate surface area is 171 Å². The van der Waals surface area contributed by atoms with E-state index < -0.39 is 0 Å². The van der Waals surface area contributed by atoms with Crippen molar-refractivity contribution in [1.82, 2.24) is 10.2 Å². The van der Waals surface area contributed by atoms with Gasteiger partial charge in [-0.1, -0.05) is 37.3 Å². The zero-order valence-electron chi connectivity index (χ0n) is 16.8. The lowest BCUT2D eigenvalue weighted by atomic mass is 10.2. The minimum atomic E-state index is -0.297. The minimum Gasteiger partial charge on any atom is -0.343 e. The molecule has 0 aliphatic carbocycles. The second kappa shape index (κ2) is 9.87. The van der Waals surface area contributed by atoms with Crippen LogP contribution in [0.3, 0.4) is 0 Å². The molecule has 3 rings (SSSR count). The highest BCUT2D eigenvalue weighted by Crippen LogP contribution is 2.21. The lowest BCUT2D eigenvalue weighted by molar-refractivity contribution is -0.130. The van der Waals surface area contributed by atoms with Gasteiger partial charge in [0.15, 0.2) is 0 Å². The molecule has 0 unspecified atom stereocenters. The van der Waals surface area contributed by atoms with Crippen molar-refractivity contribution in [2.75, 3.05) is 24.5 Å². The molecule has 3 amide bonds. The summed E-state index contributed by atoms with van der Waals surface area (Å²) in [6.07, 6.45) is 2.28. The summed E-state index contributed by atoms with van der Waals surface area (Å²) in [6, 6.07) is 16.7. The predicted octanol–water partition coefficient (Wildman–Crippen LogP) is 2.98. The van der Waals surface area contributed by atoms with Crippen molar-refractivity contribution in [3.05, 3.63) is 65.7 Å². The van der Waals surface area contributed by atoms with Gasteiger partial charge in [0.25, 0.3) is 5.91 Å². The molecule has 1 aliphatic heterocycles. The Kier molecular flexibility index (Phi) is 7.00. The van der Waals surface area contributed by atoms with E-state index in [0.29, 0.717) is 31.6 Å². The number of anilines is 1. The molecule has 2 aromatic carbocycles. The van der Waals surface area contributed by atoms with Gasteiger partial charge >= 0.3 is 0 Å². The summed E-state index contributed by atoms with van der Waals surface area (Å²) in [7, 11) is 0. The van der Waals surface area contributed by atoms with E-state index in [1.807, 2.05) is 37.3 Å². The minimum absolute atomic E-state index is 0.0436. The zero-order valence-corrected chi connectivity index (χ0v) is 16.8. The Balaban J connectivity index is 1.55. The molecule has 6 heteroatoms. The first-order valence-electron chi connectivity index (χ1n) is 10.1. The number of hydrogen-bond acceptors (Lipinski definition) is 3. The molecular formula is C23H27N3O3. The number of nitrogens with zero attached hydrogens (tertiary/aromatic N) is 2. The van der Waals surface area contributed by atoms with E-state index in [-0.39, 0.29) is 24.3 Å². The maximum absolute atomic E-state index is 12.6. The van der Waals surface area contributed by atoms with Gasteiger partial charge in [-0.2, -0.15) is 0 Å². The van der Waals surface area contributed by atoms with Gasteiger partial charge in [0.1, 0.15) is 0 Å². The lowest BCUT2D eigenvalue weighted by Crippen LogP contribution is -2.40. The fourth-order valence-corrected chi connectivity index (χ4v) is 3.45. The smallest absolute Gasteiger partial charge is 0.251 e. The van der Waals surface area contributed by atoms with Gasteiger partial charge in [0.05, 0.1) is 6.54 Å². The molecule has 0 aromatic heterocycles. The molecule has 152 valence electrons. The molecule has 0 bridgehead atoms. The highest BCUT2D eigenvalue weighted by molar-refractivity contribution is 5.98. The van der Waals surface area contributed by atoms with E-state index in [4.69, 9.17) is 0 Å². The van der Waals surface area contributed by atoms with Crippen LogP contribution in [0.5, 0.6) is 0 Å². The number of amides is 3. The maximum Gasteiger partial charge on any atom is 0.251 e. The number of carbonyl (C=O) groups excluding carboxylic acids is 3. The average Bonchev–Trinajstić information content (AvgIpc) is 3.18. The van der Waals surface area contributed by atoms with Crippen LogP contribution in [0.4, 0.5) is 5.69 Å². The number of nitrogens with one attached hydrogen (secondary N) is 1. The van der Waals surface area contributed by atoms with Crippen molar-refractivity contribution in [3.8, 4) is 0 Å². The number of hydrogen-bond donors (Lipinski definition) is 1. The van der Waals surface area contributed by atoms with Gasteiger partial charge in [0.2, 0.25) is 11.8 Å². The first-order valence-corrected chi connectivity index (χ1v) is 10.1. The normalized spacial score (nSPS) is 13.4. The number of rotatable bonds is 8. The van der Waals surface area contributed by atoms with Crippen molar-refractivity contribution in [2.45, 2.75) is 32.7 Å². The summed E-state index contributed by atoms with van der Waals surface area (Å²) in [5.41, 5.74) is 2.34. The first-order chi connectivity index (χ1) is 14.1. The van der Waals surface area contributed by atoms with Crippen LogP contribution in [0.15, 0.2) is 54.6 Å². The van der Waals surface area contributed by atoms with E-state index in [1.165, 1.54) is 0 Å². The Morgan fingerprint density at radius 3 is 2.41 bits per heavy atom. The molecule has 0 saturated carbocycles. The summed E-state index contributed by atoms with van der Waals surface area (Å²) in [6.45, 7) is 3.87. The summed E-state index contributed by atoms with van der Waals surface area (Å²) < 4.78 is 0. The third-order valence-electron chi connectivity index (χ3n) is 4.98. The van der Waals surface area contributed by atoms with Gasteiger partial charge in [-0.15, -0.1) is 0 Å². The van der Waals surface area contributed by atoms with Crippen LogP contribution >= 0.6 is 0 Å². The van der Waals surface area contributed by atoms with Crippen LogP contribution in [-0.4, -0.2) is 42.3 Å². The topological polar surface area (TPSA) is 69.7 Å². The average molecular weight is 393 g/mol. The molecule has 1 N–H and O–H groups in total. The van der Waals surface area contributed by atoms with Gasteiger partial charge in [-0.3, -0.25) is 14.4 Å². The third kappa shape index (κ3) is 5.44. The molecule has 0 radical (unpaired) electrons. The summed E-state index contributed by atoms with van der Waals surface area (Å²) in [4.78, 5) is 40.3. The van der Waals surface area contributed by atoms with E-state index in [0.717, 1.165) is 24.1 Å². The van der Waals surface area contributed by atoms with Crippen LogP contribution in [0.25, 0.3) is 0 Å². The lowest BCUT2D eigenvalue weighted by Gasteiger charge is -2.22. The highest BCUT2D eigenvalue weighted by atomic mass is 16.2. The monoisotopic (exact) mass is 393 g/mol. The maximum atomic E-state index is 12.6. The fraction of sp³-hybridized carbons (Fsp3) is 0.348. The standard InChI is InChI=1S/C23H27N3O3/c1-2-14-25(17-18-7-4-3-5-8-18)22(28)16-24-23(29)19-10-12-20(13-11-19)26-15-6-9-21(26)27/h3-5,7-8,10-13H,2,6,9,14-17H2,1H3,(H,24,29). The molecule has 1 saturated heterocycles. The van der Waals surface area contributed by atoms with Gasteiger partial charge < -0.3 is 15.1 Å². The van der Waals surface area contributed by atoms with Crippen LogP contribution in [-0.2, 0) is 16.1 Å². The van der Waals surface area contributed by atoms with Crippen molar-refractivity contribution in [2.24, 2.45) is 0 Å². The second-order valence-corrected chi connectivity index (χ2v) is 7.18. The van der Waals surface area contributed by atoms with Crippen molar-refractivity contribution >= 4 is 23.4 Å². The Hall–Kier alpha value is -3.15. The molecule has 1 aliphatic rings. The molecule has 1 heterocycles. The molecule has 29 heavy (non-hydrogen) atoms. The van der Waals surface area contributed by atoms with E-state index >= 15 is 0 Å². The Bertz CT molecular complexity index is 849. The van der Waals surface area contributed by atoms with E-state index in [9.17, 15) is 14.4 Å². The van der Waals surface area contributed by atoms with E-state index in [1.54, 1.807) is 34.1 Å².